The second-order valence-corrected chi connectivity index (χ2v) is 7.52. The van der Waals surface area contributed by atoms with Gasteiger partial charge in [0.1, 0.15) is 36.3 Å². The number of carboxylic acid groups (broad SMARTS) is 1. The summed E-state index contributed by atoms with van der Waals surface area (Å²) in [7, 11) is 0. The van der Waals surface area contributed by atoms with Crippen molar-refractivity contribution in [1.29, 1.82) is 0 Å². The molecule has 0 aliphatic carbocycles. The second kappa shape index (κ2) is 8.26. The second-order valence-electron chi connectivity index (χ2n) is 7.52. The van der Waals surface area contributed by atoms with Crippen LogP contribution in [-0.4, -0.2) is 48.1 Å². The van der Waals surface area contributed by atoms with Crippen molar-refractivity contribution in [1.82, 2.24) is 4.90 Å². The molecule has 1 atom stereocenters. The van der Waals surface area contributed by atoms with Gasteiger partial charge >= 0.3 is 12.3 Å². The van der Waals surface area contributed by atoms with Crippen molar-refractivity contribution in [3.8, 4) is 17.2 Å². The largest absolute Gasteiger partial charge is 0.573 e. The van der Waals surface area contributed by atoms with Crippen LogP contribution in [-0.2, 0) is 17.8 Å². The highest BCUT2D eigenvalue weighted by molar-refractivity contribution is 5.71. The molecule has 2 aliphatic rings. The number of hydrogen-bond acceptors (Lipinski definition) is 5. The van der Waals surface area contributed by atoms with Gasteiger partial charge in [0.25, 0.3) is 0 Å². The lowest BCUT2D eigenvalue weighted by molar-refractivity contribution is -0.274. The molecule has 1 saturated heterocycles. The Kier molecular flexibility index (Phi) is 5.65. The number of likely N-dealkylation sites (tertiary alicyclic amines) is 1. The summed E-state index contributed by atoms with van der Waals surface area (Å²) in [6, 6.07) is 7.96. The first-order valence-corrected chi connectivity index (χ1v) is 9.57. The van der Waals surface area contributed by atoms with Gasteiger partial charge in [0.2, 0.25) is 0 Å². The van der Waals surface area contributed by atoms with E-state index in [1.54, 1.807) is 12.1 Å². The van der Waals surface area contributed by atoms with Gasteiger partial charge in [-0.25, -0.2) is 4.39 Å². The maximum Gasteiger partial charge on any atom is 0.573 e. The molecule has 2 heterocycles. The summed E-state index contributed by atoms with van der Waals surface area (Å²) in [5.41, 5.74) is 0.861. The van der Waals surface area contributed by atoms with E-state index in [9.17, 15) is 22.4 Å². The number of nitrogens with zero attached hydrogens (tertiary/aromatic N) is 1. The lowest BCUT2D eigenvalue weighted by Gasteiger charge is -2.43. The van der Waals surface area contributed by atoms with Gasteiger partial charge < -0.3 is 19.3 Å². The fourth-order valence-corrected chi connectivity index (χ4v) is 3.65. The summed E-state index contributed by atoms with van der Waals surface area (Å²) < 4.78 is 66.1. The van der Waals surface area contributed by atoms with Crippen LogP contribution in [0.2, 0.25) is 0 Å². The number of halogens is 4. The van der Waals surface area contributed by atoms with Crippen molar-refractivity contribution in [3.05, 3.63) is 53.3 Å². The van der Waals surface area contributed by atoms with Crippen molar-refractivity contribution >= 4 is 5.97 Å². The molecule has 6 nitrogen and oxygen atoms in total. The standard InChI is InChI=1S/C21H19F4NO5/c22-18-4-3-17(31-21(23,24)25)6-13(18)10-29-16-2-1-12-5-15(11-30-19(12)7-16)26-8-14(9-26)20(27)28/h1-4,6-7,14-15H,5,8-11H2,(H,27,28). The van der Waals surface area contributed by atoms with E-state index in [2.05, 4.69) is 9.64 Å². The van der Waals surface area contributed by atoms with E-state index in [1.165, 1.54) is 0 Å². The van der Waals surface area contributed by atoms with Crippen LogP contribution in [0.25, 0.3) is 0 Å². The fourth-order valence-electron chi connectivity index (χ4n) is 3.65. The van der Waals surface area contributed by atoms with Crippen LogP contribution in [0.5, 0.6) is 17.2 Å². The third kappa shape index (κ3) is 5.01. The Labute approximate surface area is 174 Å². The molecule has 10 heteroatoms. The predicted molar refractivity (Wildman–Crippen MR) is 99.5 cm³/mol. The molecule has 2 aromatic carbocycles. The maximum atomic E-state index is 13.9. The van der Waals surface area contributed by atoms with E-state index in [0.29, 0.717) is 37.6 Å². The predicted octanol–water partition coefficient (Wildman–Crippen LogP) is 3.62. The topological polar surface area (TPSA) is 68.2 Å². The number of carbonyl (C=O) groups is 1. The minimum Gasteiger partial charge on any atom is -0.492 e. The lowest BCUT2D eigenvalue weighted by Crippen LogP contribution is -2.57. The first kappa shape index (κ1) is 21.2. The third-order valence-electron chi connectivity index (χ3n) is 5.35. The molecule has 1 N–H and O–H groups in total. The molecule has 0 bridgehead atoms. The van der Waals surface area contributed by atoms with E-state index in [1.807, 2.05) is 6.07 Å². The zero-order chi connectivity index (χ0) is 22.2. The van der Waals surface area contributed by atoms with Gasteiger partial charge in [-0.3, -0.25) is 9.69 Å². The smallest absolute Gasteiger partial charge is 0.492 e. The summed E-state index contributed by atoms with van der Waals surface area (Å²) in [6.45, 7) is 1.13. The Morgan fingerprint density at radius 3 is 2.61 bits per heavy atom. The Morgan fingerprint density at radius 2 is 1.90 bits per heavy atom. The Morgan fingerprint density at radius 1 is 1.16 bits per heavy atom. The van der Waals surface area contributed by atoms with Gasteiger partial charge in [-0.1, -0.05) is 6.07 Å². The zero-order valence-corrected chi connectivity index (χ0v) is 16.2. The average Bonchev–Trinajstić information content (AvgIpc) is 2.65. The summed E-state index contributed by atoms with van der Waals surface area (Å²) in [4.78, 5) is 13.0. The Balaban J connectivity index is 1.37. The SMILES string of the molecule is O=C(O)C1CN(C2COc3cc(OCc4cc(OC(F)(F)F)ccc4F)ccc3C2)C1. The molecule has 2 aliphatic heterocycles. The van der Waals surface area contributed by atoms with Crippen LogP contribution in [0.15, 0.2) is 36.4 Å². The highest BCUT2D eigenvalue weighted by Crippen LogP contribution is 2.33. The van der Waals surface area contributed by atoms with Gasteiger partial charge in [-0.2, -0.15) is 0 Å². The van der Waals surface area contributed by atoms with E-state index in [4.69, 9.17) is 14.6 Å². The van der Waals surface area contributed by atoms with E-state index in [0.717, 1.165) is 23.8 Å². The van der Waals surface area contributed by atoms with Crippen molar-refractivity contribution < 1.29 is 41.7 Å². The molecule has 166 valence electrons. The number of rotatable bonds is 6. The van der Waals surface area contributed by atoms with Crippen molar-refractivity contribution in [2.24, 2.45) is 5.92 Å². The van der Waals surface area contributed by atoms with Crippen LogP contribution < -0.4 is 14.2 Å². The molecule has 4 rings (SSSR count). The molecule has 0 saturated carbocycles. The quantitative estimate of drug-likeness (QED) is 0.691. The minimum atomic E-state index is -4.87. The molecule has 1 unspecified atom stereocenters. The molecule has 2 aromatic rings. The van der Waals surface area contributed by atoms with Crippen molar-refractivity contribution in [2.45, 2.75) is 25.4 Å². The first-order chi connectivity index (χ1) is 14.7. The lowest BCUT2D eigenvalue weighted by atomic mass is 9.93. The van der Waals surface area contributed by atoms with E-state index < -0.39 is 23.9 Å². The number of fused-ring (bicyclic) bond motifs is 1. The molecule has 31 heavy (non-hydrogen) atoms. The number of alkyl halides is 3. The molecule has 0 spiro atoms. The van der Waals surface area contributed by atoms with Crippen LogP contribution in [0.4, 0.5) is 17.6 Å². The third-order valence-corrected chi connectivity index (χ3v) is 5.35. The molecule has 1 fully saturated rings. The van der Waals surface area contributed by atoms with Crippen LogP contribution in [0.1, 0.15) is 11.1 Å². The highest BCUT2D eigenvalue weighted by atomic mass is 19.4. The number of hydrogen-bond donors (Lipinski definition) is 1. The van der Waals surface area contributed by atoms with Crippen LogP contribution >= 0.6 is 0 Å². The van der Waals surface area contributed by atoms with Crippen LogP contribution in [0.3, 0.4) is 0 Å². The van der Waals surface area contributed by atoms with Crippen LogP contribution in [0, 0.1) is 11.7 Å². The van der Waals surface area contributed by atoms with Gasteiger partial charge in [0.15, 0.2) is 0 Å². The summed E-state index contributed by atoms with van der Waals surface area (Å²) >= 11 is 0. The molecule has 0 amide bonds. The van der Waals surface area contributed by atoms with E-state index in [-0.39, 0.29) is 24.1 Å². The average molecular weight is 441 g/mol. The summed E-state index contributed by atoms with van der Waals surface area (Å²) in [6.07, 6.45) is -4.17. The normalized spacial score (nSPS) is 19.2. The Bertz CT molecular complexity index is 975. The number of carboxylic acids is 1. The highest BCUT2D eigenvalue weighted by Gasteiger charge is 2.38. The van der Waals surface area contributed by atoms with Crippen molar-refractivity contribution in [2.75, 3.05) is 19.7 Å². The van der Waals surface area contributed by atoms with Crippen molar-refractivity contribution in [3.63, 3.8) is 0 Å². The monoisotopic (exact) mass is 441 g/mol. The zero-order valence-electron chi connectivity index (χ0n) is 16.2. The number of benzene rings is 2. The van der Waals surface area contributed by atoms with Gasteiger partial charge in [0, 0.05) is 30.8 Å². The summed E-state index contributed by atoms with van der Waals surface area (Å²) in [5, 5.41) is 9.00. The molecule has 0 radical (unpaired) electrons. The Hall–Kier alpha value is -3.01. The molecular weight excluding hydrogens is 422 g/mol. The first-order valence-electron chi connectivity index (χ1n) is 9.57. The van der Waals surface area contributed by atoms with E-state index >= 15 is 0 Å². The number of aliphatic carboxylic acids is 1. The van der Waals surface area contributed by atoms with Gasteiger partial charge in [-0.05, 0) is 36.2 Å². The number of ether oxygens (including phenoxy) is 3. The maximum absolute atomic E-state index is 13.9. The fraction of sp³-hybridized carbons (Fsp3) is 0.381. The molecular formula is C21H19F4NO5. The minimum absolute atomic E-state index is 0.0776. The van der Waals surface area contributed by atoms with Gasteiger partial charge in [0.05, 0.1) is 5.92 Å². The summed E-state index contributed by atoms with van der Waals surface area (Å²) in [5.74, 6) is -1.36. The van der Waals surface area contributed by atoms with Gasteiger partial charge in [-0.15, -0.1) is 13.2 Å². The molecule has 0 aromatic heterocycles.